The molecule has 0 aliphatic carbocycles. The molecule has 4 N–H and O–H groups in total. The summed E-state index contributed by atoms with van der Waals surface area (Å²) in [4.78, 5) is 43.0. The smallest absolute Gasteiger partial charge is 0.323 e. The number of aliphatic hydroxyl groups is 1. The van der Waals surface area contributed by atoms with Gasteiger partial charge in [0.25, 0.3) is 5.91 Å². The molecule has 5 amide bonds. The first-order valence-corrected chi connectivity index (χ1v) is 15.1. The molecule has 240 valence electrons. The lowest BCUT2D eigenvalue weighted by atomic mass is 9.99. The molecule has 3 atom stereocenters. The van der Waals surface area contributed by atoms with Crippen molar-refractivity contribution in [2.45, 2.75) is 26.0 Å². The summed E-state index contributed by atoms with van der Waals surface area (Å²) in [5.74, 6) is 0.466. The van der Waals surface area contributed by atoms with Crippen molar-refractivity contribution in [3.8, 4) is 11.5 Å². The average Bonchev–Trinajstić information content (AvgIpc) is 3.06. The number of aliphatic hydroxyl groups excluding tert-OH is 1. The van der Waals surface area contributed by atoms with Gasteiger partial charge < -0.3 is 40.3 Å². The Hall–Kier alpha value is -5.29. The second-order valence-electron chi connectivity index (χ2n) is 11.5. The zero-order valence-corrected chi connectivity index (χ0v) is 26.3. The Balaban J connectivity index is 1.34. The van der Waals surface area contributed by atoms with Gasteiger partial charge in [0.15, 0.2) is 0 Å². The standard InChI is InChI=1S/C35H39N5O6/c1-22-19-40(23(2)21-41)33(42)29-18-26(37-34(43)36-25-12-15-27(45-4)16-13-25)14-17-31(29)46-32(22)20-39(3)35(44)38-30-11-7-9-24-8-5-6-10-28(24)30/h5-18,22-23,32,41H,19-21H2,1-4H3,(H,38,44)(H2,36,37,43)/t22-,23+,32-/m1/s1. The molecule has 4 aromatic rings. The number of nitrogens with zero attached hydrogens (tertiary/aromatic N) is 2. The van der Waals surface area contributed by atoms with E-state index in [0.717, 1.165) is 10.8 Å². The Morgan fingerprint density at radius 3 is 2.43 bits per heavy atom. The molecule has 0 saturated carbocycles. The summed E-state index contributed by atoms with van der Waals surface area (Å²) in [5, 5.41) is 20.5. The number of nitrogens with one attached hydrogen (secondary N) is 3. The van der Waals surface area contributed by atoms with Crippen LogP contribution in [0.2, 0.25) is 0 Å². The third-order valence-electron chi connectivity index (χ3n) is 8.10. The minimum Gasteiger partial charge on any atom is -0.497 e. The van der Waals surface area contributed by atoms with Gasteiger partial charge in [-0.05, 0) is 60.8 Å². The van der Waals surface area contributed by atoms with E-state index in [-0.39, 0.29) is 36.6 Å². The van der Waals surface area contributed by atoms with Crippen LogP contribution in [-0.4, -0.2) is 78.9 Å². The van der Waals surface area contributed by atoms with Gasteiger partial charge in [-0.25, -0.2) is 9.59 Å². The molecule has 11 nitrogen and oxygen atoms in total. The largest absolute Gasteiger partial charge is 0.497 e. The molecule has 11 heteroatoms. The van der Waals surface area contributed by atoms with Crippen LogP contribution in [0.4, 0.5) is 26.7 Å². The number of carbonyl (C=O) groups excluding carboxylic acids is 3. The SMILES string of the molecule is COc1ccc(NC(=O)Nc2ccc3c(c2)C(=O)N([C@@H](C)CO)C[C@@H](C)[C@@H](CN(C)C(=O)Nc2cccc4ccccc24)O3)cc1. The molecule has 0 spiro atoms. The predicted molar refractivity (Wildman–Crippen MR) is 179 cm³/mol. The van der Waals surface area contributed by atoms with Crippen LogP contribution < -0.4 is 25.4 Å². The number of urea groups is 2. The number of benzene rings is 4. The first kappa shape index (κ1) is 32.1. The summed E-state index contributed by atoms with van der Waals surface area (Å²) >= 11 is 0. The van der Waals surface area contributed by atoms with Crippen molar-refractivity contribution in [3.05, 3.63) is 90.5 Å². The van der Waals surface area contributed by atoms with Crippen LogP contribution in [0.3, 0.4) is 0 Å². The Bertz CT molecular complexity index is 1710. The summed E-state index contributed by atoms with van der Waals surface area (Å²) < 4.78 is 11.6. The number of rotatable bonds is 8. The Morgan fingerprint density at radius 2 is 1.70 bits per heavy atom. The summed E-state index contributed by atoms with van der Waals surface area (Å²) in [6, 6.07) is 24.1. The normalized spacial score (nSPS) is 16.7. The van der Waals surface area contributed by atoms with E-state index < -0.39 is 18.2 Å². The highest BCUT2D eigenvalue weighted by Gasteiger charge is 2.34. The van der Waals surface area contributed by atoms with Crippen LogP contribution in [-0.2, 0) is 0 Å². The molecule has 0 fully saturated rings. The molecular weight excluding hydrogens is 586 g/mol. The molecule has 1 heterocycles. The highest BCUT2D eigenvalue weighted by molar-refractivity contribution is 6.03. The molecule has 5 rings (SSSR count). The topological polar surface area (TPSA) is 132 Å². The van der Waals surface area contributed by atoms with Crippen LogP contribution in [0.5, 0.6) is 11.5 Å². The Morgan fingerprint density at radius 1 is 1.00 bits per heavy atom. The summed E-state index contributed by atoms with van der Waals surface area (Å²) in [6.45, 7) is 4.02. The third-order valence-corrected chi connectivity index (χ3v) is 8.10. The summed E-state index contributed by atoms with van der Waals surface area (Å²) in [7, 11) is 3.26. The van der Waals surface area contributed by atoms with Gasteiger partial charge in [-0.15, -0.1) is 0 Å². The van der Waals surface area contributed by atoms with Gasteiger partial charge in [0.2, 0.25) is 0 Å². The molecule has 0 saturated heterocycles. The minimum absolute atomic E-state index is 0.188. The van der Waals surface area contributed by atoms with E-state index in [2.05, 4.69) is 16.0 Å². The van der Waals surface area contributed by atoms with E-state index in [1.54, 1.807) is 73.3 Å². The van der Waals surface area contributed by atoms with Gasteiger partial charge >= 0.3 is 12.1 Å². The second-order valence-corrected chi connectivity index (χ2v) is 11.5. The van der Waals surface area contributed by atoms with Gasteiger partial charge in [0, 0.05) is 36.3 Å². The van der Waals surface area contributed by atoms with Crippen LogP contribution >= 0.6 is 0 Å². The summed E-state index contributed by atoms with van der Waals surface area (Å²) in [5.41, 5.74) is 1.89. The number of carbonyl (C=O) groups is 3. The van der Waals surface area contributed by atoms with E-state index in [1.165, 1.54) is 0 Å². The molecule has 1 aliphatic rings. The maximum Gasteiger partial charge on any atom is 0.323 e. The van der Waals surface area contributed by atoms with Crippen LogP contribution in [0.25, 0.3) is 10.8 Å². The number of likely N-dealkylation sites (N-methyl/N-ethyl adjacent to an activating group) is 1. The number of ether oxygens (including phenoxy) is 2. The van der Waals surface area contributed by atoms with Gasteiger partial charge in [-0.1, -0.05) is 43.3 Å². The van der Waals surface area contributed by atoms with Gasteiger partial charge in [0.05, 0.1) is 37.6 Å². The molecule has 0 aromatic heterocycles. The molecule has 0 radical (unpaired) electrons. The number of methoxy groups -OCH3 is 1. The van der Waals surface area contributed by atoms with E-state index in [0.29, 0.717) is 35.1 Å². The van der Waals surface area contributed by atoms with Crippen molar-refractivity contribution in [1.29, 1.82) is 0 Å². The first-order chi connectivity index (χ1) is 22.2. The minimum atomic E-state index is -0.491. The number of anilines is 3. The maximum absolute atomic E-state index is 13.8. The van der Waals surface area contributed by atoms with Gasteiger partial charge in [0.1, 0.15) is 17.6 Å². The van der Waals surface area contributed by atoms with E-state index in [4.69, 9.17) is 9.47 Å². The van der Waals surface area contributed by atoms with Crippen LogP contribution in [0, 0.1) is 5.92 Å². The third kappa shape index (κ3) is 7.32. The highest BCUT2D eigenvalue weighted by atomic mass is 16.5. The fraction of sp³-hybridized carbons (Fsp3) is 0.286. The average molecular weight is 626 g/mol. The Labute approximate surface area is 268 Å². The zero-order chi connectivity index (χ0) is 32.8. The summed E-state index contributed by atoms with van der Waals surface area (Å²) in [6.07, 6.45) is -0.485. The second kappa shape index (κ2) is 14.2. The monoisotopic (exact) mass is 625 g/mol. The Kier molecular flexibility index (Phi) is 9.92. The van der Waals surface area contributed by atoms with Crippen molar-refractivity contribution in [1.82, 2.24) is 9.80 Å². The fourth-order valence-corrected chi connectivity index (χ4v) is 5.38. The lowest BCUT2D eigenvalue weighted by Crippen LogP contribution is -2.50. The van der Waals surface area contributed by atoms with Crippen molar-refractivity contribution < 1.29 is 29.0 Å². The highest BCUT2D eigenvalue weighted by Crippen LogP contribution is 2.31. The molecule has 46 heavy (non-hydrogen) atoms. The number of fused-ring (bicyclic) bond motifs is 2. The van der Waals surface area contributed by atoms with Crippen molar-refractivity contribution in [2.75, 3.05) is 49.8 Å². The quantitative estimate of drug-likeness (QED) is 0.194. The fourth-order valence-electron chi connectivity index (χ4n) is 5.38. The zero-order valence-electron chi connectivity index (χ0n) is 26.3. The molecule has 4 aromatic carbocycles. The van der Waals surface area contributed by atoms with E-state index >= 15 is 0 Å². The van der Waals surface area contributed by atoms with E-state index in [1.807, 2.05) is 49.4 Å². The lowest BCUT2D eigenvalue weighted by molar-refractivity contribution is 0.0371. The first-order valence-electron chi connectivity index (χ1n) is 15.1. The maximum atomic E-state index is 13.8. The molecule has 0 bridgehead atoms. The molecule has 1 aliphatic heterocycles. The molecular formula is C35H39N5O6. The van der Waals surface area contributed by atoms with Gasteiger partial charge in [-0.3, -0.25) is 4.79 Å². The molecule has 0 unspecified atom stereocenters. The van der Waals surface area contributed by atoms with Crippen molar-refractivity contribution in [3.63, 3.8) is 0 Å². The van der Waals surface area contributed by atoms with Crippen molar-refractivity contribution in [2.24, 2.45) is 5.92 Å². The number of hydrogen-bond acceptors (Lipinski definition) is 6. The lowest BCUT2D eigenvalue weighted by Gasteiger charge is -2.38. The van der Waals surface area contributed by atoms with Crippen molar-refractivity contribution >= 4 is 45.8 Å². The van der Waals surface area contributed by atoms with Gasteiger partial charge in [-0.2, -0.15) is 0 Å². The van der Waals surface area contributed by atoms with E-state index in [9.17, 15) is 19.5 Å². The number of hydrogen-bond donors (Lipinski definition) is 4. The van der Waals surface area contributed by atoms with Crippen LogP contribution in [0.15, 0.2) is 84.9 Å². The van der Waals surface area contributed by atoms with Crippen LogP contribution in [0.1, 0.15) is 24.2 Å². The predicted octanol–water partition coefficient (Wildman–Crippen LogP) is 5.88. The number of amides is 5.